The minimum absolute atomic E-state index is 0.290. The minimum Gasteiger partial charge on any atom is -0.481 e. The van der Waals surface area contributed by atoms with Gasteiger partial charge in [-0.2, -0.15) is 0 Å². The van der Waals surface area contributed by atoms with Crippen LogP contribution in [-0.4, -0.2) is 46.6 Å². The number of hydroxylamine groups is 1. The van der Waals surface area contributed by atoms with Crippen LogP contribution in [0.2, 0.25) is 0 Å². The number of nitrogens with zero attached hydrogens (tertiary/aromatic N) is 1. The van der Waals surface area contributed by atoms with Gasteiger partial charge in [0, 0.05) is 7.05 Å². The standard InChI is InChI=1S/C12H20N2O5/c1-12(11(17)18)6-4-3-5-8(12)10(16)14(2)7-9(15)13-19/h8,19H,3-7H2,1-2H3,(H,13,15)(H,17,18). The van der Waals surface area contributed by atoms with E-state index in [0.717, 1.165) is 17.7 Å². The molecular formula is C12H20N2O5. The van der Waals surface area contributed by atoms with E-state index < -0.39 is 23.2 Å². The predicted octanol–water partition coefficient (Wildman–Crippen LogP) is 0.231. The molecule has 0 aromatic rings. The average Bonchev–Trinajstić information content (AvgIpc) is 2.38. The van der Waals surface area contributed by atoms with Crippen LogP contribution in [0.3, 0.4) is 0 Å². The molecule has 2 atom stereocenters. The molecule has 7 nitrogen and oxygen atoms in total. The zero-order valence-corrected chi connectivity index (χ0v) is 11.2. The summed E-state index contributed by atoms with van der Waals surface area (Å²) in [5, 5.41) is 17.8. The third kappa shape index (κ3) is 3.23. The Labute approximate surface area is 111 Å². The van der Waals surface area contributed by atoms with Gasteiger partial charge in [-0.1, -0.05) is 12.8 Å². The van der Waals surface area contributed by atoms with Gasteiger partial charge in [0.25, 0.3) is 5.91 Å². The molecule has 0 spiro atoms. The number of hydrogen-bond acceptors (Lipinski definition) is 4. The summed E-state index contributed by atoms with van der Waals surface area (Å²) < 4.78 is 0. The normalized spacial score (nSPS) is 26.6. The molecule has 1 saturated carbocycles. The Balaban J connectivity index is 2.83. The number of aliphatic carboxylic acids is 1. The van der Waals surface area contributed by atoms with Gasteiger partial charge in [0.05, 0.1) is 11.3 Å². The summed E-state index contributed by atoms with van der Waals surface area (Å²) in [7, 11) is 1.43. The number of carbonyl (C=O) groups excluding carboxylic acids is 2. The van der Waals surface area contributed by atoms with E-state index in [0.29, 0.717) is 12.8 Å². The van der Waals surface area contributed by atoms with Crippen molar-refractivity contribution in [1.82, 2.24) is 10.4 Å². The first-order valence-electron chi connectivity index (χ1n) is 6.24. The van der Waals surface area contributed by atoms with Crippen molar-refractivity contribution in [2.45, 2.75) is 32.6 Å². The quantitative estimate of drug-likeness (QED) is 0.501. The summed E-state index contributed by atoms with van der Waals surface area (Å²) in [5.74, 6) is -2.68. The summed E-state index contributed by atoms with van der Waals surface area (Å²) in [4.78, 5) is 35.9. The van der Waals surface area contributed by atoms with Gasteiger partial charge in [-0.15, -0.1) is 0 Å². The minimum atomic E-state index is -1.08. The molecule has 0 bridgehead atoms. The molecule has 7 heteroatoms. The van der Waals surface area contributed by atoms with E-state index in [2.05, 4.69) is 0 Å². The average molecular weight is 272 g/mol. The smallest absolute Gasteiger partial charge is 0.310 e. The molecule has 19 heavy (non-hydrogen) atoms. The number of carboxylic acids is 1. The lowest BCUT2D eigenvalue weighted by molar-refractivity contribution is -0.161. The number of nitrogens with one attached hydrogen (secondary N) is 1. The summed E-state index contributed by atoms with van der Waals surface area (Å²) >= 11 is 0. The highest BCUT2D eigenvalue weighted by Crippen LogP contribution is 2.42. The molecular weight excluding hydrogens is 252 g/mol. The molecule has 1 aliphatic rings. The van der Waals surface area contributed by atoms with Gasteiger partial charge in [0.15, 0.2) is 0 Å². The number of hydrogen-bond donors (Lipinski definition) is 3. The molecule has 3 N–H and O–H groups in total. The fourth-order valence-corrected chi connectivity index (χ4v) is 2.58. The van der Waals surface area contributed by atoms with Gasteiger partial charge < -0.3 is 10.0 Å². The van der Waals surface area contributed by atoms with Crippen molar-refractivity contribution in [3.05, 3.63) is 0 Å². The zero-order chi connectivity index (χ0) is 14.6. The molecule has 2 unspecified atom stereocenters. The van der Waals surface area contributed by atoms with Crippen molar-refractivity contribution < 1.29 is 24.7 Å². The Bertz CT molecular complexity index is 384. The van der Waals surface area contributed by atoms with Crippen LogP contribution in [0, 0.1) is 11.3 Å². The maximum atomic E-state index is 12.3. The first-order valence-corrected chi connectivity index (χ1v) is 6.24. The number of carbonyl (C=O) groups is 3. The number of rotatable bonds is 4. The second kappa shape index (κ2) is 6.01. The van der Waals surface area contributed by atoms with Crippen molar-refractivity contribution in [3.63, 3.8) is 0 Å². The molecule has 108 valence electrons. The zero-order valence-electron chi connectivity index (χ0n) is 11.2. The summed E-state index contributed by atoms with van der Waals surface area (Å²) in [6.07, 6.45) is 2.55. The van der Waals surface area contributed by atoms with Crippen LogP contribution in [0.1, 0.15) is 32.6 Å². The topological polar surface area (TPSA) is 107 Å². The van der Waals surface area contributed by atoms with E-state index in [-0.39, 0.29) is 12.5 Å². The van der Waals surface area contributed by atoms with Crippen LogP contribution >= 0.6 is 0 Å². The van der Waals surface area contributed by atoms with E-state index in [1.807, 2.05) is 0 Å². The first-order chi connectivity index (χ1) is 8.82. The molecule has 1 aliphatic carbocycles. The molecule has 1 fully saturated rings. The maximum absolute atomic E-state index is 12.3. The van der Waals surface area contributed by atoms with Crippen molar-refractivity contribution in [2.24, 2.45) is 11.3 Å². The van der Waals surface area contributed by atoms with Crippen molar-refractivity contribution in [3.8, 4) is 0 Å². The first kappa shape index (κ1) is 15.4. The molecule has 0 saturated heterocycles. The Morgan fingerprint density at radius 2 is 2.00 bits per heavy atom. The third-order valence-corrected chi connectivity index (χ3v) is 3.88. The van der Waals surface area contributed by atoms with Gasteiger partial charge in [0.1, 0.15) is 6.54 Å². The van der Waals surface area contributed by atoms with E-state index in [1.165, 1.54) is 12.5 Å². The van der Waals surface area contributed by atoms with E-state index in [1.54, 1.807) is 6.92 Å². The molecule has 0 aliphatic heterocycles. The third-order valence-electron chi connectivity index (χ3n) is 3.88. The lowest BCUT2D eigenvalue weighted by Crippen LogP contribution is -2.49. The molecule has 1 rings (SSSR count). The van der Waals surface area contributed by atoms with Crippen molar-refractivity contribution in [1.29, 1.82) is 0 Å². The van der Waals surface area contributed by atoms with Crippen molar-refractivity contribution in [2.75, 3.05) is 13.6 Å². The summed E-state index contributed by atoms with van der Waals surface area (Å²) in [6, 6.07) is 0. The monoisotopic (exact) mass is 272 g/mol. The van der Waals surface area contributed by atoms with Gasteiger partial charge in [-0.3, -0.25) is 19.6 Å². The van der Waals surface area contributed by atoms with Gasteiger partial charge >= 0.3 is 5.97 Å². The number of carboxylic acid groups (broad SMARTS) is 1. The van der Waals surface area contributed by atoms with E-state index in [4.69, 9.17) is 5.21 Å². The number of amides is 2. The second-order valence-electron chi connectivity index (χ2n) is 5.25. The largest absolute Gasteiger partial charge is 0.481 e. The van der Waals surface area contributed by atoms with Gasteiger partial charge in [-0.05, 0) is 19.8 Å². The Morgan fingerprint density at radius 1 is 1.37 bits per heavy atom. The second-order valence-corrected chi connectivity index (χ2v) is 5.25. The highest BCUT2D eigenvalue weighted by molar-refractivity contribution is 5.89. The van der Waals surface area contributed by atoms with E-state index >= 15 is 0 Å². The van der Waals surface area contributed by atoms with E-state index in [9.17, 15) is 19.5 Å². The fourth-order valence-electron chi connectivity index (χ4n) is 2.58. The van der Waals surface area contributed by atoms with Gasteiger partial charge in [0.2, 0.25) is 5.91 Å². The highest BCUT2D eigenvalue weighted by Gasteiger charge is 2.47. The number of likely N-dealkylation sites (N-methyl/N-ethyl adjacent to an activating group) is 1. The molecule has 0 heterocycles. The lowest BCUT2D eigenvalue weighted by atomic mass is 9.67. The van der Waals surface area contributed by atoms with Crippen LogP contribution in [-0.2, 0) is 14.4 Å². The SMILES string of the molecule is CN(CC(=O)NO)C(=O)C1CCCCC1(C)C(=O)O. The van der Waals surface area contributed by atoms with Crippen LogP contribution < -0.4 is 5.48 Å². The van der Waals surface area contributed by atoms with Crippen LogP contribution in [0.4, 0.5) is 0 Å². The lowest BCUT2D eigenvalue weighted by Gasteiger charge is -2.38. The van der Waals surface area contributed by atoms with Crippen molar-refractivity contribution >= 4 is 17.8 Å². The fraction of sp³-hybridized carbons (Fsp3) is 0.750. The molecule has 0 radical (unpaired) electrons. The maximum Gasteiger partial charge on any atom is 0.310 e. The Hall–Kier alpha value is -1.63. The summed E-state index contributed by atoms with van der Waals surface area (Å²) in [6.45, 7) is 1.29. The van der Waals surface area contributed by atoms with Crippen LogP contribution in [0.25, 0.3) is 0 Å². The molecule has 0 aromatic heterocycles. The Kier molecular flexibility index (Phi) is 4.88. The summed E-state index contributed by atoms with van der Waals surface area (Å²) in [5.41, 5.74) is 0.364. The molecule has 2 amide bonds. The molecule has 0 aromatic carbocycles. The highest BCUT2D eigenvalue weighted by atomic mass is 16.5. The Morgan fingerprint density at radius 3 is 2.53 bits per heavy atom. The van der Waals surface area contributed by atoms with Crippen LogP contribution in [0.15, 0.2) is 0 Å². The van der Waals surface area contributed by atoms with Crippen LogP contribution in [0.5, 0.6) is 0 Å². The van der Waals surface area contributed by atoms with Gasteiger partial charge in [-0.25, -0.2) is 5.48 Å². The predicted molar refractivity (Wildman–Crippen MR) is 65.3 cm³/mol.